The molecule has 2 heterocycles. The Labute approximate surface area is 160 Å². The van der Waals surface area contributed by atoms with Crippen molar-refractivity contribution >= 4 is 35.0 Å². The van der Waals surface area contributed by atoms with Crippen LogP contribution in [-0.4, -0.2) is 34.8 Å². The molecule has 2 N–H and O–H groups in total. The maximum absolute atomic E-state index is 12.6. The Morgan fingerprint density at radius 3 is 2.81 bits per heavy atom. The predicted octanol–water partition coefficient (Wildman–Crippen LogP) is 3.66. The number of hydrogen-bond acceptors (Lipinski definition) is 6. The molecule has 2 unspecified atom stereocenters. The van der Waals surface area contributed by atoms with E-state index in [0.717, 1.165) is 34.9 Å². The van der Waals surface area contributed by atoms with Crippen molar-refractivity contribution in [2.45, 2.75) is 36.3 Å². The van der Waals surface area contributed by atoms with Gasteiger partial charge in [-0.1, -0.05) is 12.1 Å². The highest BCUT2D eigenvalue weighted by molar-refractivity contribution is 7.98. The number of nitrogens with one attached hydrogen (secondary N) is 1. The van der Waals surface area contributed by atoms with Gasteiger partial charge in [0.15, 0.2) is 0 Å². The van der Waals surface area contributed by atoms with E-state index in [1.165, 1.54) is 17.5 Å². The summed E-state index contributed by atoms with van der Waals surface area (Å²) in [5.74, 6) is -1.28. The van der Waals surface area contributed by atoms with E-state index in [1.807, 2.05) is 30.5 Å². The molecule has 1 saturated heterocycles. The van der Waals surface area contributed by atoms with Crippen molar-refractivity contribution in [2.75, 3.05) is 12.9 Å². The van der Waals surface area contributed by atoms with Gasteiger partial charge in [-0.2, -0.15) is 0 Å². The minimum Gasteiger partial charge on any atom is -0.481 e. The fourth-order valence-electron chi connectivity index (χ4n) is 2.81. The van der Waals surface area contributed by atoms with Gasteiger partial charge in [0, 0.05) is 11.5 Å². The number of thioether (sulfide) groups is 1. The van der Waals surface area contributed by atoms with Crippen LogP contribution in [0.15, 0.2) is 35.4 Å². The first kappa shape index (κ1) is 18.9. The summed E-state index contributed by atoms with van der Waals surface area (Å²) in [5, 5.41) is 12.8. The first-order valence-electron chi connectivity index (χ1n) is 8.30. The van der Waals surface area contributed by atoms with Crippen LogP contribution in [0.1, 0.15) is 51.7 Å². The predicted molar refractivity (Wildman–Crippen MR) is 101 cm³/mol. The molecular weight excluding hydrogens is 372 g/mol. The zero-order valence-electron chi connectivity index (χ0n) is 14.3. The Morgan fingerprint density at radius 2 is 2.19 bits per heavy atom. The summed E-state index contributed by atoms with van der Waals surface area (Å²) in [6.07, 6.45) is 5.21. The number of aromatic nitrogens is 1. The number of ether oxygens (including phenoxy) is 1. The molecule has 1 fully saturated rings. The summed E-state index contributed by atoms with van der Waals surface area (Å²) in [6.45, 7) is 0.721. The highest BCUT2D eigenvalue weighted by Gasteiger charge is 2.24. The Balaban J connectivity index is 1.73. The monoisotopic (exact) mass is 392 g/mol. The molecule has 0 spiro atoms. The van der Waals surface area contributed by atoms with Crippen molar-refractivity contribution < 1.29 is 19.4 Å². The van der Waals surface area contributed by atoms with Gasteiger partial charge in [0.1, 0.15) is 16.0 Å². The lowest BCUT2D eigenvalue weighted by atomic mass is 10.0. The number of carboxylic acids is 1. The molecule has 1 aromatic heterocycles. The number of amides is 1. The molecule has 8 heteroatoms. The molecule has 2 atom stereocenters. The molecular formula is C18H20N2O4S2. The number of carbonyl (C=O) groups excluding carboxylic acids is 1. The van der Waals surface area contributed by atoms with Gasteiger partial charge in [-0.15, -0.1) is 23.1 Å². The molecule has 1 amide bonds. The topological polar surface area (TPSA) is 88.5 Å². The number of hydrogen-bond donors (Lipinski definition) is 2. The molecule has 0 saturated carbocycles. The lowest BCUT2D eigenvalue weighted by molar-refractivity contribution is -0.137. The summed E-state index contributed by atoms with van der Waals surface area (Å²) in [6, 6.07) is 6.95. The number of carboxylic acid groups (broad SMARTS) is 1. The lowest BCUT2D eigenvalue weighted by Crippen LogP contribution is -2.29. The maximum Gasteiger partial charge on any atom is 0.305 e. The van der Waals surface area contributed by atoms with Crippen LogP contribution in [0.25, 0.3) is 0 Å². The summed E-state index contributed by atoms with van der Waals surface area (Å²) in [7, 11) is 0. The molecule has 1 aliphatic rings. The van der Waals surface area contributed by atoms with Crippen LogP contribution >= 0.6 is 23.1 Å². The third-order valence-corrected chi connectivity index (χ3v) is 5.99. The van der Waals surface area contributed by atoms with Crippen LogP contribution in [0.5, 0.6) is 0 Å². The average Bonchev–Trinajstić information content (AvgIpc) is 3.32. The normalized spacial score (nSPS) is 17.8. The Hall–Kier alpha value is -1.90. The SMILES string of the molecule is CSc1ccc(C(CC(=O)O)NC(=O)c2cnc(C3CCCO3)s2)cc1. The molecule has 2 aromatic rings. The van der Waals surface area contributed by atoms with E-state index in [9.17, 15) is 14.7 Å². The second-order valence-electron chi connectivity index (χ2n) is 5.96. The van der Waals surface area contributed by atoms with E-state index in [1.54, 1.807) is 11.8 Å². The van der Waals surface area contributed by atoms with Crippen molar-refractivity contribution in [1.82, 2.24) is 10.3 Å². The van der Waals surface area contributed by atoms with Gasteiger partial charge in [0.05, 0.1) is 18.7 Å². The fourth-order valence-corrected chi connectivity index (χ4v) is 4.12. The molecule has 1 aliphatic heterocycles. The van der Waals surface area contributed by atoms with Crippen LogP contribution in [0.4, 0.5) is 0 Å². The van der Waals surface area contributed by atoms with Crippen LogP contribution < -0.4 is 5.32 Å². The van der Waals surface area contributed by atoms with E-state index in [0.29, 0.717) is 4.88 Å². The van der Waals surface area contributed by atoms with Crippen molar-refractivity contribution in [3.05, 3.63) is 45.9 Å². The van der Waals surface area contributed by atoms with Crippen molar-refractivity contribution in [2.24, 2.45) is 0 Å². The number of thiazole rings is 1. The number of aliphatic carboxylic acids is 1. The summed E-state index contributed by atoms with van der Waals surface area (Å²) in [5.41, 5.74) is 0.766. The second kappa shape index (κ2) is 8.66. The average molecular weight is 393 g/mol. The highest BCUT2D eigenvalue weighted by Crippen LogP contribution is 2.31. The van der Waals surface area contributed by atoms with E-state index >= 15 is 0 Å². The molecule has 138 valence electrons. The highest BCUT2D eigenvalue weighted by atomic mass is 32.2. The largest absolute Gasteiger partial charge is 0.481 e. The van der Waals surface area contributed by atoms with Gasteiger partial charge in [-0.05, 0) is 36.8 Å². The summed E-state index contributed by atoms with van der Waals surface area (Å²) >= 11 is 2.91. The van der Waals surface area contributed by atoms with E-state index in [-0.39, 0.29) is 18.4 Å². The van der Waals surface area contributed by atoms with E-state index in [4.69, 9.17) is 4.74 Å². The second-order valence-corrected chi connectivity index (χ2v) is 7.90. The van der Waals surface area contributed by atoms with Gasteiger partial charge in [0.25, 0.3) is 5.91 Å². The van der Waals surface area contributed by atoms with Crippen molar-refractivity contribution in [3.8, 4) is 0 Å². The standard InChI is InChI=1S/C18H20N2O4S2/c1-25-12-6-4-11(5-7-12)13(9-16(21)22)20-17(23)15-10-19-18(26-15)14-3-2-8-24-14/h4-7,10,13-14H,2-3,8-9H2,1H3,(H,20,23)(H,21,22). The number of rotatable bonds is 7. The van der Waals surface area contributed by atoms with Gasteiger partial charge in [-0.3, -0.25) is 9.59 Å². The van der Waals surface area contributed by atoms with Crippen molar-refractivity contribution in [3.63, 3.8) is 0 Å². The minimum atomic E-state index is -0.964. The van der Waals surface area contributed by atoms with Crippen LogP contribution in [0.2, 0.25) is 0 Å². The molecule has 3 rings (SSSR count). The Bertz CT molecular complexity index is 770. The molecule has 0 bridgehead atoms. The Morgan fingerprint density at radius 1 is 1.42 bits per heavy atom. The number of benzene rings is 1. The number of nitrogens with zero attached hydrogens (tertiary/aromatic N) is 1. The van der Waals surface area contributed by atoms with Gasteiger partial charge >= 0.3 is 5.97 Å². The molecule has 0 radical (unpaired) electrons. The Kier molecular flexibility index (Phi) is 6.29. The smallest absolute Gasteiger partial charge is 0.305 e. The zero-order chi connectivity index (χ0) is 18.5. The van der Waals surface area contributed by atoms with E-state index in [2.05, 4.69) is 10.3 Å². The quantitative estimate of drug-likeness (QED) is 0.699. The molecule has 26 heavy (non-hydrogen) atoms. The van der Waals surface area contributed by atoms with Crippen LogP contribution in [0.3, 0.4) is 0 Å². The van der Waals surface area contributed by atoms with Crippen LogP contribution in [0, 0.1) is 0 Å². The zero-order valence-corrected chi connectivity index (χ0v) is 15.9. The summed E-state index contributed by atoms with van der Waals surface area (Å²) < 4.78 is 5.59. The van der Waals surface area contributed by atoms with Gasteiger partial charge in [0.2, 0.25) is 0 Å². The lowest BCUT2D eigenvalue weighted by Gasteiger charge is -2.17. The first-order chi connectivity index (χ1) is 12.6. The van der Waals surface area contributed by atoms with Gasteiger partial charge < -0.3 is 15.2 Å². The maximum atomic E-state index is 12.6. The number of carbonyl (C=O) groups is 2. The molecule has 0 aliphatic carbocycles. The third-order valence-electron chi connectivity index (χ3n) is 4.15. The van der Waals surface area contributed by atoms with Crippen molar-refractivity contribution in [1.29, 1.82) is 0 Å². The van der Waals surface area contributed by atoms with Crippen LogP contribution in [-0.2, 0) is 9.53 Å². The molecule has 1 aromatic carbocycles. The molecule has 6 nitrogen and oxygen atoms in total. The minimum absolute atomic E-state index is 0.0320. The van der Waals surface area contributed by atoms with Gasteiger partial charge in [-0.25, -0.2) is 4.98 Å². The van der Waals surface area contributed by atoms with E-state index < -0.39 is 12.0 Å². The first-order valence-corrected chi connectivity index (χ1v) is 10.3. The third kappa shape index (κ3) is 4.63. The fraction of sp³-hybridized carbons (Fsp3) is 0.389. The summed E-state index contributed by atoms with van der Waals surface area (Å²) in [4.78, 5) is 29.6.